The highest BCUT2D eigenvalue weighted by molar-refractivity contribution is 5.46. The minimum absolute atomic E-state index is 0.440. The maximum atomic E-state index is 5.65. The largest absolute Gasteiger partial charge is 0.483 e. The Morgan fingerprint density at radius 2 is 2.00 bits per heavy atom. The van der Waals surface area contributed by atoms with Crippen molar-refractivity contribution < 1.29 is 9.47 Å². The molecule has 4 heteroatoms. The van der Waals surface area contributed by atoms with Crippen LogP contribution in [0.15, 0.2) is 42.6 Å². The molecular formula is C13H14N2O2. The zero-order chi connectivity index (χ0) is 12.1. The number of hydrogen-bond acceptors (Lipinski definition) is 4. The van der Waals surface area contributed by atoms with Crippen molar-refractivity contribution in [1.82, 2.24) is 4.98 Å². The Labute approximate surface area is 100 Å². The smallest absolute Gasteiger partial charge is 0.256 e. The Hall–Kier alpha value is -2.23. The van der Waals surface area contributed by atoms with Gasteiger partial charge in [0.2, 0.25) is 0 Å². The van der Waals surface area contributed by atoms with Gasteiger partial charge in [0.05, 0.1) is 19.0 Å². The van der Waals surface area contributed by atoms with E-state index in [0.29, 0.717) is 23.9 Å². The fourth-order valence-corrected chi connectivity index (χ4v) is 1.44. The summed E-state index contributed by atoms with van der Waals surface area (Å²) in [7, 11) is 1.55. The van der Waals surface area contributed by atoms with Crippen molar-refractivity contribution in [2.45, 2.75) is 6.61 Å². The number of anilines is 1. The average molecular weight is 230 g/mol. The molecule has 2 aromatic rings. The van der Waals surface area contributed by atoms with E-state index in [1.807, 2.05) is 30.3 Å². The number of nitrogen functional groups attached to an aromatic ring is 1. The van der Waals surface area contributed by atoms with Gasteiger partial charge in [-0.2, -0.15) is 0 Å². The quantitative estimate of drug-likeness (QED) is 0.875. The van der Waals surface area contributed by atoms with Gasteiger partial charge >= 0.3 is 0 Å². The monoisotopic (exact) mass is 230 g/mol. The summed E-state index contributed by atoms with van der Waals surface area (Å²) in [5.41, 5.74) is 7.28. The Bertz CT molecular complexity index is 486. The van der Waals surface area contributed by atoms with E-state index in [1.54, 1.807) is 13.2 Å². The van der Waals surface area contributed by atoms with Crippen LogP contribution in [0.4, 0.5) is 5.69 Å². The van der Waals surface area contributed by atoms with Gasteiger partial charge < -0.3 is 15.2 Å². The lowest BCUT2D eigenvalue weighted by Gasteiger charge is -2.10. The predicted octanol–water partition coefficient (Wildman–Crippen LogP) is 2.25. The first kappa shape index (κ1) is 11.3. The molecule has 0 spiro atoms. The Kier molecular flexibility index (Phi) is 3.45. The lowest BCUT2D eigenvalue weighted by atomic mass is 10.2. The number of rotatable bonds is 4. The van der Waals surface area contributed by atoms with E-state index >= 15 is 0 Å². The lowest BCUT2D eigenvalue weighted by Crippen LogP contribution is -2.00. The first-order chi connectivity index (χ1) is 8.29. The van der Waals surface area contributed by atoms with Crippen LogP contribution < -0.4 is 15.2 Å². The minimum Gasteiger partial charge on any atom is -0.483 e. The van der Waals surface area contributed by atoms with Crippen LogP contribution in [0.25, 0.3) is 0 Å². The van der Waals surface area contributed by atoms with Crippen molar-refractivity contribution in [3.05, 3.63) is 48.2 Å². The molecule has 1 heterocycles. The number of aromatic nitrogens is 1. The van der Waals surface area contributed by atoms with E-state index in [9.17, 15) is 0 Å². The molecule has 2 N–H and O–H groups in total. The molecule has 0 aliphatic rings. The Morgan fingerprint density at radius 3 is 2.71 bits per heavy atom. The van der Waals surface area contributed by atoms with Gasteiger partial charge in [-0.25, -0.2) is 4.98 Å². The van der Waals surface area contributed by atoms with Crippen LogP contribution in [0.5, 0.6) is 11.6 Å². The molecule has 0 amide bonds. The summed E-state index contributed by atoms with van der Waals surface area (Å²) in [4.78, 5) is 4.04. The number of nitrogens with zero attached hydrogens (tertiary/aromatic N) is 1. The fourth-order valence-electron chi connectivity index (χ4n) is 1.44. The third-order valence-electron chi connectivity index (χ3n) is 2.27. The van der Waals surface area contributed by atoms with Crippen molar-refractivity contribution >= 4 is 5.69 Å². The summed E-state index contributed by atoms with van der Waals surface area (Å²) in [6.45, 7) is 0.461. The standard InChI is InChI=1S/C13H14N2O2/c1-16-13-12(7-11(14)8-15-13)17-9-10-5-3-2-4-6-10/h2-8H,9,14H2,1H3. The lowest BCUT2D eigenvalue weighted by molar-refractivity contribution is 0.279. The second-order valence-electron chi connectivity index (χ2n) is 3.55. The van der Waals surface area contributed by atoms with Gasteiger partial charge in [0.15, 0.2) is 5.75 Å². The number of pyridine rings is 1. The highest BCUT2D eigenvalue weighted by Crippen LogP contribution is 2.26. The highest BCUT2D eigenvalue weighted by Gasteiger charge is 2.06. The summed E-state index contributed by atoms with van der Waals surface area (Å²) >= 11 is 0. The van der Waals surface area contributed by atoms with E-state index in [0.717, 1.165) is 5.56 Å². The molecule has 1 aromatic carbocycles. The summed E-state index contributed by atoms with van der Waals surface area (Å²) in [5.74, 6) is 0.992. The van der Waals surface area contributed by atoms with E-state index < -0.39 is 0 Å². The SMILES string of the molecule is COc1ncc(N)cc1OCc1ccccc1. The second-order valence-corrected chi connectivity index (χ2v) is 3.55. The summed E-state index contributed by atoms with van der Waals surface area (Å²) < 4.78 is 10.7. The van der Waals surface area contributed by atoms with Gasteiger partial charge in [-0.05, 0) is 5.56 Å². The number of nitrogens with two attached hydrogens (primary N) is 1. The van der Waals surface area contributed by atoms with E-state index in [1.165, 1.54) is 6.20 Å². The maximum Gasteiger partial charge on any atom is 0.256 e. The van der Waals surface area contributed by atoms with Gasteiger partial charge in [-0.3, -0.25) is 0 Å². The third-order valence-corrected chi connectivity index (χ3v) is 2.27. The molecule has 88 valence electrons. The predicted molar refractivity (Wildman–Crippen MR) is 66.0 cm³/mol. The molecule has 0 aliphatic heterocycles. The van der Waals surface area contributed by atoms with Crippen LogP contribution in [-0.2, 0) is 6.61 Å². The molecule has 0 bridgehead atoms. The first-order valence-corrected chi connectivity index (χ1v) is 5.26. The topological polar surface area (TPSA) is 57.4 Å². The second kappa shape index (κ2) is 5.21. The van der Waals surface area contributed by atoms with Crippen LogP contribution >= 0.6 is 0 Å². The number of hydrogen-bond donors (Lipinski definition) is 1. The summed E-state index contributed by atoms with van der Waals surface area (Å²) in [6.07, 6.45) is 1.54. The number of ether oxygens (including phenoxy) is 2. The molecule has 2 rings (SSSR count). The van der Waals surface area contributed by atoms with Crippen molar-refractivity contribution in [2.75, 3.05) is 12.8 Å². The molecule has 17 heavy (non-hydrogen) atoms. The van der Waals surface area contributed by atoms with Crippen LogP contribution in [0.3, 0.4) is 0 Å². The van der Waals surface area contributed by atoms with Gasteiger partial charge in [0, 0.05) is 6.07 Å². The molecule has 0 saturated carbocycles. The zero-order valence-electron chi connectivity index (χ0n) is 9.59. The van der Waals surface area contributed by atoms with Crippen molar-refractivity contribution in [3.8, 4) is 11.6 Å². The van der Waals surface area contributed by atoms with Gasteiger partial charge in [-0.1, -0.05) is 30.3 Å². The van der Waals surface area contributed by atoms with E-state index in [4.69, 9.17) is 15.2 Å². The zero-order valence-corrected chi connectivity index (χ0v) is 9.59. The van der Waals surface area contributed by atoms with Crippen LogP contribution in [-0.4, -0.2) is 12.1 Å². The van der Waals surface area contributed by atoms with Gasteiger partial charge in [0.1, 0.15) is 6.61 Å². The summed E-state index contributed by atoms with van der Waals surface area (Å²) in [5, 5.41) is 0. The summed E-state index contributed by atoms with van der Waals surface area (Å²) in [6, 6.07) is 11.6. The molecule has 0 saturated heterocycles. The van der Waals surface area contributed by atoms with Gasteiger partial charge in [0.25, 0.3) is 5.88 Å². The van der Waals surface area contributed by atoms with Crippen LogP contribution in [0.2, 0.25) is 0 Å². The third kappa shape index (κ3) is 2.87. The fraction of sp³-hybridized carbons (Fsp3) is 0.154. The molecule has 0 fully saturated rings. The van der Waals surface area contributed by atoms with E-state index in [2.05, 4.69) is 4.98 Å². The first-order valence-electron chi connectivity index (χ1n) is 5.26. The van der Waals surface area contributed by atoms with Crippen molar-refractivity contribution in [1.29, 1.82) is 0 Å². The minimum atomic E-state index is 0.440. The normalized spacial score (nSPS) is 9.94. The maximum absolute atomic E-state index is 5.65. The van der Waals surface area contributed by atoms with Gasteiger partial charge in [-0.15, -0.1) is 0 Å². The Balaban J connectivity index is 2.11. The number of benzene rings is 1. The van der Waals surface area contributed by atoms with Crippen LogP contribution in [0.1, 0.15) is 5.56 Å². The molecule has 1 aromatic heterocycles. The molecule has 0 aliphatic carbocycles. The van der Waals surface area contributed by atoms with Crippen molar-refractivity contribution in [3.63, 3.8) is 0 Å². The Morgan fingerprint density at radius 1 is 1.24 bits per heavy atom. The number of methoxy groups -OCH3 is 1. The molecular weight excluding hydrogens is 216 g/mol. The van der Waals surface area contributed by atoms with Crippen LogP contribution in [0, 0.1) is 0 Å². The average Bonchev–Trinajstić information content (AvgIpc) is 2.38. The molecule has 4 nitrogen and oxygen atoms in total. The highest BCUT2D eigenvalue weighted by atomic mass is 16.5. The molecule has 0 unspecified atom stereocenters. The van der Waals surface area contributed by atoms with Crippen molar-refractivity contribution in [2.24, 2.45) is 0 Å². The van der Waals surface area contributed by atoms with E-state index in [-0.39, 0.29) is 0 Å². The molecule has 0 atom stereocenters. The molecule has 0 radical (unpaired) electrons.